The Morgan fingerprint density at radius 3 is 2.26 bits per heavy atom. The monoisotopic (exact) mass is 868 g/mol. The summed E-state index contributed by atoms with van der Waals surface area (Å²) in [6.07, 6.45) is 3.46. The molecule has 16 heteroatoms. The molecule has 1 heterocycles. The quantitative estimate of drug-likeness (QED) is 0.133. The van der Waals surface area contributed by atoms with Crippen molar-refractivity contribution in [1.29, 1.82) is 0 Å². The summed E-state index contributed by atoms with van der Waals surface area (Å²) in [6, 6.07) is -4.35. The highest BCUT2D eigenvalue weighted by Crippen LogP contribution is 2.68. The lowest BCUT2D eigenvalue weighted by molar-refractivity contribution is -0.215. The van der Waals surface area contributed by atoms with Crippen LogP contribution in [0.1, 0.15) is 121 Å². The van der Waals surface area contributed by atoms with Crippen LogP contribution in [0.4, 0.5) is 0 Å². The van der Waals surface area contributed by atoms with Gasteiger partial charge in [-0.1, -0.05) is 74.0 Å². The molecular formula is C46H68N4O12. The van der Waals surface area contributed by atoms with Gasteiger partial charge >= 0.3 is 11.9 Å². The van der Waals surface area contributed by atoms with Crippen LogP contribution >= 0.6 is 0 Å². The van der Waals surface area contributed by atoms with Gasteiger partial charge in [-0.15, -0.1) is 0 Å². The van der Waals surface area contributed by atoms with E-state index in [4.69, 9.17) is 9.47 Å². The number of esters is 2. The van der Waals surface area contributed by atoms with Crippen LogP contribution in [0.3, 0.4) is 0 Å². The van der Waals surface area contributed by atoms with E-state index in [1.54, 1.807) is 54.5 Å². The molecule has 13 atom stereocenters. The Labute approximate surface area is 364 Å². The van der Waals surface area contributed by atoms with Crippen molar-refractivity contribution in [2.75, 3.05) is 6.54 Å². The first-order valence-corrected chi connectivity index (χ1v) is 22.2. The van der Waals surface area contributed by atoms with Crippen LogP contribution in [-0.4, -0.2) is 111 Å². The first-order chi connectivity index (χ1) is 28.7. The SMILES string of the molecule is CCC(=O)O[C@]1(C(=O)C(O)OC(=O)[C@@H](NC(=O)[C@@H]2CCCN2C(=O)[C@H](C)NC(=O)[C@H](C)NC(=O)C(C)(C)C)C(C)C)CCC2C3C[C@H](C)C4=CC(=O)C=C[C@]4(C)C3[C@@H](O)C[C@@]21C. The number of hydrogen-bond donors (Lipinski definition) is 5. The Kier molecular flexibility index (Phi) is 14.1. The predicted molar refractivity (Wildman–Crippen MR) is 225 cm³/mol. The van der Waals surface area contributed by atoms with Crippen LogP contribution in [0, 0.1) is 45.8 Å². The number of amides is 4. The molecule has 0 aromatic rings. The van der Waals surface area contributed by atoms with Crippen molar-refractivity contribution in [3.05, 3.63) is 23.8 Å². The van der Waals surface area contributed by atoms with Crippen molar-refractivity contribution < 1.29 is 58.0 Å². The molecule has 0 spiro atoms. The van der Waals surface area contributed by atoms with Crippen molar-refractivity contribution in [2.45, 2.75) is 163 Å². The van der Waals surface area contributed by atoms with E-state index in [2.05, 4.69) is 16.0 Å². The molecule has 16 nitrogen and oxygen atoms in total. The van der Waals surface area contributed by atoms with E-state index in [0.29, 0.717) is 19.3 Å². The number of rotatable bonds is 13. The number of fused-ring (bicyclic) bond motifs is 5. The minimum Gasteiger partial charge on any atom is -0.450 e. The van der Waals surface area contributed by atoms with Gasteiger partial charge in [0.05, 0.1) is 6.10 Å². The Balaban J connectivity index is 1.30. The zero-order valence-corrected chi connectivity index (χ0v) is 38.2. The fourth-order valence-corrected chi connectivity index (χ4v) is 11.2. The molecule has 5 rings (SSSR count). The number of nitrogens with one attached hydrogen (secondary N) is 3. The normalized spacial score (nSPS) is 33.4. The molecule has 4 fully saturated rings. The molecule has 4 unspecified atom stereocenters. The van der Waals surface area contributed by atoms with E-state index in [9.17, 15) is 48.6 Å². The number of aliphatic hydroxyl groups is 2. The lowest BCUT2D eigenvalue weighted by Gasteiger charge is -2.61. The van der Waals surface area contributed by atoms with Gasteiger partial charge in [0, 0.05) is 35.1 Å². The number of aliphatic hydroxyl groups excluding tert-OH is 2. The smallest absolute Gasteiger partial charge is 0.331 e. The van der Waals surface area contributed by atoms with Gasteiger partial charge in [0.2, 0.25) is 29.4 Å². The van der Waals surface area contributed by atoms with Crippen molar-refractivity contribution in [2.24, 2.45) is 45.8 Å². The molecule has 1 saturated heterocycles. The molecular weight excluding hydrogens is 801 g/mol. The van der Waals surface area contributed by atoms with Gasteiger partial charge in [-0.3, -0.25) is 33.6 Å². The van der Waals surface area contributed by atoms with Crippen LogP contribution in [0.2, 0.25) is 0 Å². The maximum Gasteiger partial charge on any atom is 0.331 e. The van der Waals surface area contributed by atoms with Crippen LogP contribution in [0.15, 0.2) is 23.8 Å². The van der Waals surface area contributed by atoms with Crippen LogP contribution in [-0.2, 0) is 47.8 Å². The standard InChI is InChI=1S/C46H68N4O12/c1-12-33(53)62-46(18-16-29-28-20-24(4)30-21-27(51)15-17-44(30,10)34(28)32(52)22-45(29,46)11)36(54)41(59)61-40(58)35(23(2)3)49-38(56)31-14-13-19-50(31)39(57)26(6)47-37(55)25(5)48-42(60)43(7,8)9/h15,17,21,23-26,28-29,31-32,34-35,41,52,59H,12-14,16,18-20,22H2,1-11H3,(H,47,55)(H,48,60)(H,49,56)/t24-,25-,26-,28?,29?,31-,32-,34?,35-,41?,44-,45-,46-/m0/s1. The summed E-state index contributed by atoms with van der Waals surface area (Å²) in [5.74, 6) is -6.38. The molecule has 0 aromatic carbocycles. The molecule has 1 aliphatic heterocycles. The van der Waals surface area contributed by atoms with Gasteiger partial charge < -0.3 is 40.5 Å². The van der Waals surface area contributed by atoms with Gasteiger partial charge in [-0.25, -0.2) is 4.79 Å². The Hall–Kier alpha value is -4.44. The minimum atomic E-state index is -2.40. The number of likely N-dealkylation sites (tertiary alicyclic amines) is 1. The number of hydrogen-bond acceptors (Lipinski definition) is 12. The summed E-state index contributed by atoms with van der Waals surface area (Å²) in [5.41, 5.74) is -3.52. The number of carbonyl (C=O) groups excluding carboxylic acids is 8. The van der Waals surface area contributed by atoms with E-state index >= 15 is 0 Å². The van der Waals surface area contributed by atoms with Crippen LogP contribution in [0.5, 0.6) is 0 Å². The zero-order valence-electron chi connectivity index (χ0n) is 38.2. The van der Waals surface area contributed by atoms with Gasteiger partial charge in [-0.05, 0) is 88.2 Å². The average Bonchev–Trinajstić information content (AvgIpc) is 3.79. The van der Waals surface area contributed by atoms with Gasteiger partial charge in [0.25, 0.3) is 6.29 Å². The first-order valence-electron chi connectivity index (χ1n) is 22.2. The fourth-order valence-electron chi connectivity index (χ4n) is 11.2. The highest BCUT2D eigenvalue weighted by Gasteiger charge is 2.72. The van der Waals surface area contributed by atoms with E-state index in [1.165, 1.54) is 24.8 Å². The molecule has 5 N–H and O–H groups in total. The number of nitrogens with zero attached hydrogens (tertiary/aromatic N) is 1. The van der Waals surface area contributed by atoms with Gasteiger partial charge in [0.1, 0.15) is 24.2 Å². The van der Waals surface area contributed by atoms with E-state index in [0.717, 1.165) is 5.57 Å². The summed E-state index contributed by atoms with van der Waals surface area (Å²) in [6.45, 7) is 19.0. The molecule has 3 saturated carbocycles. The van der Waals surface area contributed by atoms with E-state index in [1.807, 2.05) is 19.9 Å². The molecule has 5 aliphatic rings. The minimum absolute atomic E-state index is 0.00947. The molecule has 344 valence electrons. The maximum atomic E-state index is 14.7. The summed E-state index contributed by atoms with van der Waals surface area (Å²) < 4.78 is 11.5. The highest BCUT2D eigenvalue weighted by atomic mass is 16.6. The fraction of sp³-hybridized carbons (Fsp3) is 0.739. The Morgan fingerprint density at radius 2 is 1.65 bits per heavy atom. The third-order valence-corrected chi connectivity index (χ3v) is 14.6. The maximum absolute atomic E-state index is 14.7. The molecule has 4 aliphatic carbocycles. The number of allylic oxidation sites excluding steroid dienone is 4. The molecule has 0 bridgehead atoms. The lowest BCUT2D eigenvalue weighted by atomic mass is 9.44. The lowest BCUT2D eigenvalue weighted by Crippen LogP contribution is -2.64. The third-order valence-electron chi connectivity index (χ3n) is 14.6. The van der Waals surface area contributed by atoms with E-state index < -0.39 is 99.8 Å². The van der Waals surface area contributed by atoms with Gasteiger partial charge in [-0.2, -0.15) is 0 Å². The first kappa shape index (κ1) is 48.6. The number of ketones is 2. The summed E-state index contributed by atoms with van der Waals surface area (Å²) in [7, 11) is 0. The third kappa shape index (κ3) is 8.87. The zero-order chi connectivity index (χ0) is 46.4. The summed E-state index contributed by atoms with van der Waals surface area (Å²) in [5, 5.41) is 31.4. The summed E-state index contributed by atoms with van der Waals surface area (Å²) in [4.78, 5) is 108. The summed E-state index contributed by atoms with van der Waals surface area (Å²) >= 11 is 0. The van der Waals surface area contributed by atoms with Crippen molar-refractivity contribution in [3.63, 3.8) is 0 Å². The molecule has 62 heavy (non-hydrogen) atoms. The van der Waals surface area contributed by atoms with Crippen molar-refractivity contribution >= 4 is 47.1 Å². The topological polar surface area (TPSA) is 235 Å². The molecule has 4 amide bonds. The average molecular weight is 869 g/mol. The van der Waals surface area contributed by atoms with Crippen LogP contribution in [0.25, 0.3) is 0 Å². The Morgan fingerprint density at radius 1 is 0.984 bits per heavy atom. The number of Topliss-reactive ketones (excluding diaryl/α,β-unsaturated/α-hetero) is 1. The number of ether oxygens (including phenoxy) is 2. The second-order valence-electron chi connectivity index (χ2n) is 20.2. The van der Waals surface area contributed by atoms with Crippen molar-refractivity contribution in [1.82, 2.24) is 20.9 Å². The molecule has 0 radical (unpaired) electrons. The number of carbonyl (C=O) groups is 8. The van der Waals surface area contributed by atoms with Gasteiger partial charge in [0.15, 0.2) is 11.4 Å². The second kappa shape index (κ2) is 18.0. The Bertz CT molecular complexity index is 1900. The van der Waals surface area contributed by atoms with Crippen molar-refractivity contribution in [3.8, 4) is 0 Å². The predicted octanol–water partition coefficient (Wildman–Crippen LogP) is 2.82. The van der Waals surface area contributed by atoms with Crippen LogP contribution < -0.4 is 16.0 Å². The second-order valence-corrected chi connectivity index (χ2v) is 20.2. The van der Waals surface area contributed by atoms with E-state index in [-0.39, 0.29) is 67.6 Å². The highest BCUT2D eigenvalue weighted by molar-refractivity contribution is 6.01. The largest absolute Gasteiger partial charge is 0.450 e. The molecule has 0 aromatic heterocycles.